The van der Waals surface area contributed by atoms with Crippen molar-refractivity contribution in [2.24, 2.45) is 0 Å². The number of carbonyl (C=O) groups excluding carboxylic acids is 1. The highest BCUT2D eigenvalue weighted by atomic mass is 35.5. The Labute approximate surface area is 151 Å². The van der Waals surface area contributed by atoms with Crippen molar-refractivity contribution in [3.63, 3.8) is 0 Å². The van der Waals surface area contributed by atoms with Crippen LogP contribution in [0.1, 0.15) is 12.0 Å². The van der Waals surface area contributed by atoms with E-state index in [0.717, 1.165) is 28.1 Å². The molecule has 2 aromatic carbocycles. The first kappa shape index (κ1) is 19.4. The van der Waals surface area contributed by atoms with Crippen molar-refractivity contribution >= 4 is 27.6 Å². The smallest absolute Gasteiger partial charge is 0.306 e. The van der Waals surface area contributed by atoms with Gasteiger partial charge in [-0.15, -0.1) is 0 Å². The second-order valence-electron chi connectivity index (χ2n) is 5.23. The Kier molecular flexibility index (Phi) is 6.52. The molecule has 0 heterocycles. The minimum atomic E-state index is -4.02. The van der Waals surface area contributed by atoms with E-state index < -0.39 is 21.8 Å². The van der Waals surface area contributed by atoms with E-state index in [-0.39, 0.29) is 29.4 Å². The number of nitrogens with zero attached hydrogens (tertiary/aromatic N) is 1. The van der Waals surface area contributed by atoms with Crippen molar-refractivity contribution in [1.29, 1.82) is 0 Å². The predicted molar refractivity (Wildman–Crippen MR) is 92.1 cm³/mol. The molecule has 0 N–H and O–H groups in total. The van der Waals surface area contributed by atoms with Gasteiger partial charge in [0, 0.05) is 13.1 Å². The van der Waals surface area contributed by atoms with E-state index in [9.17, 15) is 17.6 Å². The lowest BCUT2D eigenvalue weighted by Gasteiger charge is -2.22. The molecular formula is C17H17ClFNO4S. The van der Waals surface area contributed by atoms with Gasteiger partial charge in [-0.25, -0.2) is 12.8 Å². The van der Waals surface area contributed by atoms with Crippen LogP contribution in [0.2, 0.25) is 5.02 Å². The number of benzene rings is 2. The molecule has 0 fully saturated rings. The van der Waals surface area contributed by atoms with Crippen LogP contribution in [0.25, 0.3) is 0 Å². The number of methoxy groups -OCH3 is 1. The molecule has 0 spiro atoms. The predicted octanol–water partition coefficient (Wildman–Crippen LogP) is 3.23. The van der Waals surface area contributed by atoms with Crippen molar-refractivity contribution < 1.29 is 22.3 Å². The third-order valence-corrected chi connectivity index (χ3v) is 5.83. The van der Waals surface area contributed by atoms with Crippen LogP contribution in [0, 0.1) is 5.82 Å². The molecule has 0 aliphatic carbocycles. The minimum Gasteiger partial charge on any atom is -0.469 e. The van der Waals surface area contributed by atoms with Crippen molar-refractivity contribution in [2.75, 3.05) is 13.7 Å². The van der Waals surface area contributed by atoms with Crippen LogP contribution < -0.4 is 0 Å². The van der Waals surface area contributed by atoms with Gasteiger partial charge in [0.25, 0.3) is 0 Å². The largest absolute Gasteiger partial charge is 0.469 e. The number of hydrogen-bond acceptors (Lipinski definition) is 4. The van der Waals surface area contributed by atoms with Gasteiger partial charge in [-0.3, -0.25) is 4.79 Å². The number of ether oxygens (including phenoxy) is 1. The number of hydrogen-bond donors (Lipinski definition) is 0. The van der Waals surface area contributed by atoms with Crippen LogP contribution in [-0.4, -0.2) is 32.3 Å². The van der Waals surface area contributed by atoms with Crippen molar-refractivity contribution in [2.45, 2.75) is 17.9 Å². The van der Waals surface area contributed by atoms with E-state index in [1.165, 1.54) is 7.11 Å². The van der Waals surface area contributed by atoms with Gasteiger partial charge in [0.15, 0.2) is 0 Å². The summed E-state index contributed by atoms with van der Waals surface area (Å²) in [6.07, 6.45) is -0.110. The quantitative estimate of drug-likeness (QED) is 0.686. The summed E-state index contributed by atoms with van der Waals surface area (Å²) in [5.74, 6) is -1.16. The number of sulfonamides is 1. The lowest BCUT2D eigenvalue weighted by atomic mass is 10.2. The first-order valence-corrected chi connectivity index (χ1v) is 9.22. The number of rotatable bonds is 7. The molecule has 2 aromatic rings. The molecule has 0 atom stereocenters. The van der Waals surface area contributed by atoms with Gasteiger partial charge >= 0.3 is 5.97 Å². The summed E-state index contributed by atoms with van der Waals surface area (Å²) in [5.41, 5.74) is 0.745. The molecule has 2 rings (SSSR count). The van der Waals surface area contributed by atoms with Gasteiger partial charge in [-0.1, -0.05) is 41.9 Å². The van der Waals surface area contributed by atoms with Crippen LogP contribution in [0.3, 0.4) is 0 Å². The summed E-state index contributed by atoms with van der Waals surface area (Å²) in [6, 6.07) is 12.0. The Morgan fingerprint density at radius 3 is 2.48 bits per heavy atom. The van der Waals surface area contributed by atoms with E-state index in [4.69, 9.17) is 11.6 Å². The highest BCUT2D eigenvalue weighted by Crippen LogP contribution is 2.26. The molecule has 0 aromatic heterocycles. The number of halogens is 2. The Morgan fingerprint density at radius 2 is 1.88 bits per heavy atom. The Balaban J connectivity index is 2.36. The highest BCUT2D eigenvalue weighted by Gasteiger charge is 2.27. The molecule has 0 aliphatic heterocycles. The second kappa shape index (κ2) is 8.42. The Bertz CT molecular complexity index is 843. The van der Waals surface area contributed by atoms with E-state index >= 15 is 0 Å². The van der Waals surface area contributed by atoms with Crippen molar-refractivity contribution in [3.8, 4) is 0 Å². The molecule has 0 saturated carbocycles. The second-order valence-corrected chi connectivity index (χ2v) is 7.54. The van der Waals surface area contributed by atoms with Crippen LogP contribution >= 0.6 is 11.6 Å². The van der Waals surface area contributed by atoms with Crippen LogP contribution in [0.5, 0.6) is 0 Å². The molecule has 5 nitrogen and oxygen atoms in total. The summed E-state index contributed by atoms with van der Waals surface area (Å²) < 4.78 is 44.8. The summed E-state index contributed by atoms with van der Waals surface area (Å²) in [6.45, 7) is -0.0362. The zero-order valence-electron chi connectivity index (χ0n) is 13.5. The summed E-state index contributed by atoms with van der Waals surface area (Å²) in [4.78, 5) is 11.2. The number of carbonyl (C=O) groups is 1. The fraction of sp³-hybridized carbons (Fsp3) is 0.235. The van der Waals surface area contributed by atoms with Crippen molar-refractivity contribution in [3.05, 3.63) is 64.9 Å². The van der Waals surface area contributed by atoms with Gasteiger partial charge in [-0.05, 0) is 23.8 Å². The van der Waals surface area contributed by atoms with Gasteiger partial charge in [0.1, 0.15) is 10.7 Å². The van der Waals surface area contributed by atoms with E-state index in [1.807, 2.05) is 6.07 Å². The molecule has 0 unspecified atom stereocenters. The Morgan fingerprint density at radius 1 is 1.20 bits per heavy atom. The zero-order chi connectivity index (χ0) is 18.4. The molecule has 25 heavy (non-hydrogen) atoms. The molecule has 8 heteroatoms. The molecule has 0 radical (unpaired) electrons. The van der Waals surface area contributed by atoms with Gasteiger partial charge in [-0.2, -0.15) is 4.31 Å². The summed E-state index contributed by atoms with van der Waals surface area (Å²) >= 11 is 5.91. The van der Waals surface area contributed by atoms with Crippen LogP contribution in [0.15, 0.2) is 53.4 Å². The Hall–Kier alpha value is -1.96. The van der Waals surface area contributed by atoms with Crippen LogP contribution in [0.4, 0.5) is 4.39 Å². The minimum absolute atomic E-state index is 0.0495. The average Bonchev–Trinajstić information content (AvgIpc) is 2.58. The fourth-order valence-electron chi connectivity index (χ4n) is 2.21. The molecule has 0 amide bonds. The zero-order valence-corrected chi connectivity index (χ0v) is 15.1. The van der Waals surface area contributed by atoms with Gasteiger partial charge in [0.05, 0.1) is 18.6 Å². The van der Waals surface area contributed by atoms with Gasteiger partial charge < -0.3 is 4.74 Å². The first-order chi connectivity index (χ1) is 11.8. The van der Waals surface area contributed by atoms with E-state index in [2.05, 4.69) is 4.74 Å². The monoisotopic (exact) mass is 385 g/mol. The molecule has 134 valence electrons. The first-order valence-electron chi connectivity index (χ1n) is 7.40. The fourth-order valence-corrected chi connectivity index (χ4v) is 4.15. The average molecular weight is 386 g/mol. The third-order valence-electron chi connectivity index (χ3n) is 3.51. The highest BCUT2D eigenvalue weighted by molar-refractivity contribution is 7.89. The molecule has 0 saturated heterocycles. The topological polar surface area (TPSA) is 63.7 Å². The molecular weight excluding hydrogens is 369 g/mol. The maximum absolute atomic E-state index is 13.2. The normalized spacial score (nSPS) is 11.5. The standard InChI is InChI=1S/C17H17ClFNO4S/c1-24-17(21)9-10-20(12-13-5-3-2-4-6-13)25(22,23)16-8-7-14(19)11-15(16)18/h2-8,11H,9-10,12H2,1H3. The number of esters is 1. The molecule has 0 aliphatic rings. The summed E-state index contributed by atoms with van der Waals surface area (Å²) in [5, 5.41) is -0.212. The van der Waals surface area contributed by atoms with E-state index in [0.29, 0.717) is 0 Å². The SMILES string of the molecule is COC(=O)CCN(Cc1ccccc1)S(=O)(=O)c1ccc(F)cc1Cl. The third kappa shape index (κ3) is 5.01. The maximum atomic E-state index is 13.2. The maximum Gasteiger partial charge on any atom is 0.306 e. The molecule has 0 bridgehead atoms. The van der Waals surface area contributed by atoms with E-state index in [1.54, 1.807) is 24.3 Å². The lowest BCUT2D eigenvalue weighted by Crippen LogP contribution is -2.33. The van der Waals surface area contributed by atoms with Gasteiger partial charge in [0.2, 0.25) is 10.0 Å². The summed E-state index contributed by atoms with van der Waals surface area (Å²) in [7, 11) is -2.79. The van der Waals surface area contributed by atoms with Crippen LogP contribution in [-0.2, 0) is 26.1 Å². The lowest BCUT2D eigenvalue weighted by molar-refractivity contribution is -0.140. The van der Waals surface area contributed by atoms with Crippen molar-refractivity contribution in [1.82, 2.24) is 4.31 Å².